The molecule has 1 atom stereocenters. The molecule has 142 valence electrons. The molecule has 3 rings (SSSR count). The van der Waals surface area contributed by atoms with Gasteiger partial charge in [0, 0.05) is 0 Å². The molecule has 0 spiro atoms. The van der Waals surface area contributed by atoms with Crippen molar-refractivity contribution < 1.29 is 27.9 Å². The van der Waals surface area contributed by atoms with Crippen LogP contribution in [0.1, 0.15) is 44.3 Å². The van der Waals surface area contributed by atoms with Crippen molar-refractivity contribution in [3.05, 3.63) is 69.7 Å². The van der Waals surface area contributed by atoms with Gasteiger partial charge in [0.25, 0.3) is 5.91 Å². The van der Waals surface area contributed by atoms with Crippen molar-refractivity contribution in [3.63, 3.8) is 0 Å². The minimum Gasteiger partial charge on any atom is -0.478 e. The third-order valence-electron chi connectivity index (χ3n) is 4.53. The normalized spacial score (nSPS) is 16.1. The van der Waals surface area contributed by atoms with Gasteiger partial charge >= 0.3 is 12.1 Å². The standard InChI is InChI=1S/C19H15ClF3NO3/c20-15-4-2-1-3-13(15)17(25)24(10-19(21,22)23)16-8-7-11-5-6-12(18(26)27)9-14(11)16/h1-6,9,16H,7-8,10H2,(H,26,27)/t16-/m1/s1. The molecule has 1 amide bonds. The van der Waals surface area contributed by atoms with E-state index in [2.05, 4.69) is 0 Å². The summed E-state index contributed by atoms with van der Waals surface area (Å²) >= 11 is 6.00. The van der Waals surface area contributed by atoms with Crippen LogP contribution in [0.3, 0.4) is 0 Å². The topological polar surface area (TPSA) is 57.6 Å². The fraction of sp³-hybridized carbons (Fsp3) is 0.263. The summed E-state index contributed by atoms with van der Waals surface area (Å²) in [4.78, 5) is 24.8. The molecule has 0 bridgehead atoms. The number of nitrogens with zero attached hydrogens (tertiary/aromatic N) is 1. The van der Waals surface area contributed by atoms with Crippen LogP contribution in [0.15, 0.2) is 42.5 Å². The third-order valence-corrected chi connectivity index (χ3v) is 4.86. The Kier molecular flexibility index (Phi) is 5.15. The van der Waals surface area contributed by atoms with E-state index in [-0.39, 0.29) is 22.6 Å². The van der Waals surface area contributed by atoms with Crippen LogP contribution < -0.4 is 0 Å². The van der Waals surface area contributed by atoms with E-state index in [1.165, 1.54) is 30.3 Å². The SMILES string of the molecule is O=C(O)c1ccc2c(c1)[C@H](N(CC(F)(F)F)C(=O)c1ccccc1Cl)CC2. The van der Waals surface area contributed by atoms with Crippen LogP contribution in [0.4, 0.5) is 13.2 Å². The number of fused-ring (bicyclic) bond motifs is 1. The van der Waals surface area contributed by atoms with E-state index in [0.717, 1.165) is 10.5 Å². The molecule has 0 saturated carbocycles. The van der Waals surface area contributed by atoms with Crippen molar-refractivity contribution in [1.82, 2.24) is 4.90 Å². The molecule has 4 nitrogen and oxygen atoms in total. The lowest BCUT2D eigenvalue weighted by Gasteiger charge is -2.31. The lowest BCUT2D eigenvalue weighted by atomic mass is 10.0. The van der Waals surface area contributed by atoms with Gasteiger partial charge in [-0.3, -0.25) is 4.79 Å². The molecule has 2 aromatic carbocycles. The van der Waals surface area contributed by atoms with Crippen LogP contribution in [0.5, 0.6) is 0 Å². The second-order valence-electron chi connectivity index (χ2n) is 6.30. The van der Waals surface area contributed by atoms with Gasteiger partial charge in [0.15, 0.2) is 0 Å². The van der Waals surface area contributed by atoms with Gasteiger partial charge < -0.3 is 10.0 Å². The van der Waals surface area contributed by atoms with Crippen LogP contribution >= 0.6 is 11.6 Å². The fourth-order valence-corrected chi connectivity index (χ4v) is 3.56. The Balaban J connectivity index is 2.04. The van der Waals surface area contributed by atoms with Crippen LogP contribution in [-0.4, -0.2) is 34.6 Å². The summed E-state index contributed by atoms with van der Waals surface area (Å²) < 4.78 is 39.6. The number of aromatic carboxylic acids is 1. The first-order chi connectivity index (χ1) is 12.7. The summed E-state index contributed by atoms with van der Waals surface area (Å²) in [5, 5.41) is 9.24. The number of carboxylic acid groups (broad SMARTS) is 1. The fourth-order valence-electron chi connectivity index (χ4n) is 3.34. The average molecular weight is 398 g/mol. The molecule has 0 heterocycles. The molecule has 0 saturated heterocycles. The summed E-state index contributed by atoms with van der Waals surface area (Å²) in [5.74, 6) is -2.01. The molecule has 0 aromatic heterocycles. The quantitative estimate of drug-likeness (QED) is 0.811. The Morgan fingerprint density at radius 3 is 2.52 bits per heavy atom. The Morgan fingerprint density at radius 1 is 1.19 bits per heavy atom. The maximum absolute atomic E-state index is 13.2. The van der Waals surface area contributed by atoms with Crippen molar-refractivity contribution >= 4 is 23.5 Å². The lowest BCUT2D eigenvalue weighted by molar-refractivity contribution is -0.144. The van der Waals surface area contributed by atoms with Crippen LogP contribution in [0.25, 0.3) is 0 Å². The number of carboxylic acids is 1. The van der Waals surface area contributed by atoms with Gasteiger partial charge in [-0.25, -0.2) is 4.79 Å². The Bertz CT molecular complexity index is 898. The van der Waals surface area contributed by atoms with Crippen molar-refractivity contribution in [3.8, 4) is 0 Å². The first-order valence-electron chi connectivity index (χ1n) is 8.16. The van der Waals surface area contributed by atoms with Gasteiger partial charge in [-0.1, -0.05) is 29.8 Å². The zero-order chi connectivity index (χ0) is 19.8. The number of amides is 1. The van der Waals surface area contributed by atoms with E-state index in [1.54, 1.807) is 12.1 Å². The molecular weight excluding hydrogens is 383 g/mol. The van der Waals surface area contributed by atoms with E-state index in [1.807, 2.05) is 0 Å². The summed E-state index contributed by atoms with van der Waals surface area (Å²) in [5.41, 5.74) is 1.12. The largest absolute Gasteiger partial charge is 0.478 e. The number of hydrogen-bond acceptors (Lipinski definition) is 2. The molecule has 1 aliphatic rings. The highest BCUT2D eigenvalue weighted by atomic mass is 35.5. The minimum absolute atomic E-state index is 0.0220. The number of rotatable bonds is 4. The number of hydrogen-bond donors (Lipinski definition) is 1. The summed E-state index contributed by atoms with van der Waals surface area (Å²) in [6.45, 7) is -1.45. The second-order valence-corrected chi connectivity index (χ2v) is 6.71. The average Bonchev–Trinajstić information content (AvgIpc) is 3.01. The number of carbonyl (C=O) groups excluding carboxylic acids is 1. The predicted octanol–water partition coefficient (Wildman–Crippen LogP) is 4.73. The van der Waals surface area contributed by atoms with E-state index in [4.69, 9.17) is 11.6 Å². The highest BCUT2D eigenvalue weighted by Crippen LogP contribution is 2.39. The molecule has 0 radical (unpaired) electrons. The number of halogens is 4. The molecule has 0 aliphatic heterocycles. The number of carbonyl (C=O) groups is 2. The molecule has 8 heteroatoms. The number of aryl methyl sites for hydroxylation is 1. The van der Waals surface area contributed by atoms with Gasteiger partial charge in [0.05, 0.1) is 22.2 Å². The minimum atomic E-state index is -4.61. The molecule has 1 N–H and O–H groups in total. The second kappa shape index (κ2) is 7.23. The molecule has 2 aromatic rings. The maximum atomic E-state index is 13.2. The van der Waals surface area contributed by atoms with Gasteiger partial charge in [-0.05, 0) is 48.2 Å². The summed E-state index contributed by atoms with van der Waals surface area (Å²) in [6, 6.07) is 9.39. The summed E-state index contributed by atoms with van der Waals surface area (Å²) in [6.07, 6.45) is -3.86. The van der Waals surface area contributed by atoms with Crippen molar-refractivity contribution in [1.29, 1.82) is 0 Å². The van der Waals surface area contributed by atoms with Crippen molar-refractivity contribution in [2.24, 2.45) is 0 Å². The van der Waals surface area contributed by atoms with E-state index >= 15 is 0 Å². The monoisotopic (exact) mass is 397 g/mol. The van der Waals surface area contributed by atoms with Gasteiger partial charge in [-0.15, -0.1) is 0 Å². The van der Waals surface area contributed by atoms with Crippen molar-refractivity contribution in [2.75, 3.05) is 6.54 Å². The third kappa shape index (κ3) is 4.08. The van der Waals surface area contributed by atoms with Gasteiger partial charge in [-0.2, -0.15) is 13.2 Å². The Labute approximate surface area is 158 Å². The smallest absolute Gasteiger partial charge is 0.406 e. The lowest BCUT2D eigenvalue weighted by Crippen LogP contribution is -2.41. The molecular formula is C19H15ClF3NO3. The highest BCUT2D eigenvalue weighted by molar-refractivity contribution is 6.33. The molecule has 0 fully saturated rings. The number of alkyl halides is 3. The molecule has 27 heavy (non-hydrogen) atoms. The zero-order valence-electron chi connectivity index (χ0n) is 14.0. The first kappa shape index (κ1) is 19.2. The van der Waals surface area contributed by atoms with E-state index in [0.29, 0.717) is 12.0 Å². The summed E-state index contributed by atoms with van der Waals surface area (Å²) in [7, 11) is 0. The zero-order valence-corrected chi connectivity index (χ0v) is 14.7. The van der Waals surface area contributed by atoms with Crippen LogP contribution in [0, 0.1) is 0 Å². The maximum Gasteiger partial charge on any atom is 0.406 e. The molecule has 0 unspecified atom stereocenters. The predicted molar refractivity (Wildman–Crippen MR) is 93.0 cm³/mol. The van der Waals surface area contributed by atoms with Crippen LogP contribution in [-0.2, 0) is 6.42 Å². The van der Waals surface area contributed by atoms with E-state index < -0.39 is 30.6 Å². The van der Waals surface area contributed by atoms with E-state index in [9.17, 15) is 27.9 Å². The van der Waals surface area contributed by atoms with Crippen molar-refractivity contribution in [2.45, 2.75) is 25.1 Å². The molecule has 1 aliphatic carbocycles. The van der Waals surface area contributed by atoms with Gasteiger partial charge in [0.1, 0.15) is 6.54 Å². The van der Waals surface area contributed by atoms with Crippen LogP contribution in [0.2, 0.25) is 5.02 Å². The number of benzene rings is 2. The highest BCUT2D eigenvalue weighted by Gasteiger charge is 2.40. The first-order valence-corrected chi connectivity index (χ1v) is 8.53. The van der Waals surface area contributed by atoms with Gasteiger partial charge in [0.2, 0.25) is 0 Å². The Hall–Kier alpha value is -2.54. The Morgan fingerprint density at radius 2 is 1.89 bits per heavy atom.